The number of aromatic nitrogens is 5. The van der Waals surface area contributed by atoms with Gasteiger partial charge in [0.1, 0.15) is 16.9 Å². The summed E-state index contributed by atoms with van der Waals surface area (Å²) in [6, 6.07) is 4.85. The zero-order valence-electron chi connectivity index (χ0n) is 23.1. The van der Waals surface area contributed by atoms with Gasteiger partial charge < -0.3 is 29.3 Å². The molecule has 0 aliphatic carbocycles. The van der Waals surface area contributed by atoms with Crippen LogP contribution in [0.2, 0.25) is 0 Å². The van der Waals surface area contributed by atoms with E-state index in [9.17, 15) is 13.6 Å². The van der Waals surface area contributed by atoms with E-state index >= 15 is 0 Å². The number of piperidine rings is 1. The smallest absolute Gasteiger partial charge is 0.410 e. The molecule has 3 aromatic rings. The fourth-order valence-electron chi connectivity index (χ4n) is 4.81. The Kier molecular flexibility index (Phi) is 7.88. The molecule has 1 aromatic carbocycles. The number of carbonyl (C=O) groups excluding carboxylic acids is 1. The summed E-state index contributed by atoms with van der Waals surface area (Å²) in [7, 11) is 1.46. The van der Waals surface area contributed by atoms with Crippen molar-refractivity contribution in [2.45, 2.75) is 51.7 Å². The molecular weight excluding hydrogens is 526 g/mol. The van der Waals surface area contributed by atoms with Gasteiger partial charge in [-0.1, -0.05) is 6.07 Å². The highest BCUT2D eigenvalue weighted by atomic mass is 19.3. The highest BCUT2D eigenvalue weighted by Crippen LogP contribution is 2.32. The predicted octanol–water partition coefficient (Wildman–Crippen LogP) is 3.80. The Morgan fingerprint density at radius 1 is 1.10 bits per heavy atom. The van der Waals surface area contributed by atoms with Crippen molar-refractivity contribution in [2.75, 3.05) is 56.7 Å². The van der Waals surface area contributed by atoms with Gasteiger partial charge in [-0.3, -0.25) is 4.57 Å². The summed E-state index contributed by atoms with van der Waals surface area (Å²) in [5, 5.41) is 3.31. The van der Waals surface area contributed by atoms with Crippen LogP contribution in [-0.4, -0.2) is 93.6 Å². The van der Waals surface area contributed by atoms with Crippen LogP contribution in [0, 0.1) is 0 Å². The van der Waals surface area contributed by atoms with Crippen molar-refractivity contribution >= 4 is 29.0 Å². The van der Waals surface area contributed by atoms with Gasteiger partial charge in [0.15, 0.2) is 5.82 Å². The van der Waals surface area contributed by atoms with Crippen molar-refractivity contribution < 1.29 is 27.8 Å². The fourth-order valence-corrected chi connectivity index (χ4v) is 4.81. The van der Waals surface area contributed by atoms with Gasteiger partial charge in [0, 0.05) is 32.2 Å². The predicted molar refractivity (Wildman–Crippen MR) is 143 cm³/mol. The van der Waals surface area contributed by atoms with Gasteiger partial charge in [-0.25, -0.2) is 18.6 Å². The summed E-state index contributed by atoms with van der Waals surface area (Å²) >= 11 is 0. The summed E-state index contributed by atoms with van der Waals surface area (Å²) in [6.45, 7) is 8.51. The molecule has 2 aliphatic heterocycles. The number of amides is 1. The quantitative estimate of drug-likeness (QED) is 0.477. The van der Waals surface area contributed by atoms with Crippen LogP contribution in [0.4, 0.5) is 25.5 Å². The van der Waals surface area contributed by atoms with Crippen molar-refractivity contribution in [3.8, 4) is 11.7 Å². The zero-order chi connectivity index (χ0) is 28.4. The molecule has 216 valence electrons. The number of morpholine rings is 1. The molecule has 1 N–H and O–H groups in total. The van der Waals surface area contributed by atoms with Crippen LogP contribution in [0.15, 0.2) is 18.2 Å². The number of alkyl halides is 2. The Morgan fingerprint density at radius 2 is 1.85 bits per heavy atom. The fraction of sp³-hybridized carbons (Fsp3) is 0.577. The first-order valence-electron chi connectivity index (χ1n) is 13.3. The lowest BCUT2D eigenvalue weighted by atomic mass is 10.1. The largest absolute Gasteiger partial charge is 0.494 e. The minimum absolute atomic E-state index is 0.00449. The van der Waals surface area contributed by atoms with Crippen LogP contribution in [0.3, 0.4) is 0 Å². The number of fused-ring (bicyclic) bond motifs is 1. The first kappa shape index (κ1) is 27.7. The average molecular weight is 561 g/mol. The lowest BCUT2D eigenvalue weighted by molar-refractivity contribution is 0.0206. The number of hydrogen-bond donors (Lipinski definition) is 1. The van der Waals surface area contributed by atoms with E-state index in [0.717, 1.165) is 12.8 Å². The van der Waals surface area contributed by atoms with Crippen LogP contribution in [-0.2, 0) is 9.47 Å². The number of nitrogens with one attached hydrogen (secondary N) is 1. The number of imidazole rings is 1. The molecule has 2 aromatic heterocycles. The van der Waals surface area contributed by atoms with Crippen molar-refractivity contribution in [3.05, 3.63) is 24.0 Å². The van der Waals surface area contributed by atoms with E-state index in [1.165, 1.54) is 11.7 Å². The maximum Gasteiger partial charge on any atom is 0.410 e. The SMILES string of the molecule is COc1cccc2c1nc(C(F)F)n2-c1nc(N[C@@H]2CCCN(C(=O)OC(C)(C)C)C2)nc(N2CCOCC2)n1. The number of hydrogen-bond acceptors (Lipinski definition) is 10. The third-order valence-corrected chi connectivity index (χ3v) is 6.60. The number of benzene rings is 1. The molecule has 40 heavy (non-hydrogen) atoms. The molecule has 0 unspecified atom stereocenters. The second-order valence-corrected chi connectivity index (χ2v) is 10.7. The lowest BCUT2D eigenvalue weighted by Crippen LogP contribution is -2.47. The Bertz CT molecular complexity index is 1360. The van der Waals surface area contributed by atoms with Gasteiger partial charge in [0.05, 0.1) is 25.8 Å². The molecule has 2 fully saturated rings. The molecule has 0 spiro atoms. The molecule has 12 nitrogen and oxygen atoms in total. The van der Waals surface area contributed by atoms with E-state index < -0.39 is 17.9 Å². The van der Waals surface area contributed by atoms with Crippen LogP contribution in [0.25, 0.3) is 17.0 Å². The minimum atomic E-state index is -2.89. The molecular formula is C26H34F2N8O4. The normalized spacial score (nSPS) is 18.3. The zero-order valence-corrected chi connectivity index (χ0v) is 23.1. The molecule has 0 saturated carbocycles. The standard InChI is InChI=1S/C26H34F2N8O4/c1-26(2,3)40-25(37)35-10-6-7-16(15-35)29-22-31-23(34-11-13-39-14-12-34)33-24(32-22)36-17-8-5-9-18(38-4)19(17)30-21(36)20(27)28/h5,8-9,16,20H,6-7,10-15H2,1-4H3,(H,29,31,32,33)/t16-/m1/s1. The molecule has 0 radical (unpaired) electrons. The topological polar surface area (TPSA) is 120 Å². The van der Waals surface area contributed by atoms with E-state index in [-0.39, 0.29) is 29.5 Å². The van der Waals surface area contributed by atoms with Crippen molar-refractivity contribution in [1.29, 1.82) is 0 Å². The van der Waals surface area contributed by atoms with E-state index in [1.807, 2.05) is 25.7 Å². The van der Waals surface area contributed by atoms with Gasteiger partial charge in [-0.05, 0) is 45.7 Å². The molecule has 14 heteroatoms. The molecule has 4 heterocycles. The number of para-hydroxylation sites is 1. The summed E-state index contributed by atoms with van der Waals surface area (Å²) in [5.41, 5.74) is 0.0589. The maximum atomic E-state index is 14.3. The Labute approximate surface area is 230 Å². The van der Waals surface area contributed by atoms with Gasteiger partial charge in [-0.2, -0.15) is 15.0 Å². The molecule has 0 bridgehead atoms. The first-order chi connectivity index (χ1) is 19.1. The second-order valence-electron chi connectivity index (χ2n) is 10.7. The maximum absolute atomic E-state index is 14.3. The monoisotopic (exact) mass is 560 g/mol. The van der Waals surface area contributed by atoms with E-state index in [0.29, 0.717) is 56.6 Å². The van der Waals surface area contributed by atoms with Gasteiger partial charge in [0.2, 0.25) is 17.8 Å². The molecule has 1 amide bonds. The summed E-state index contributed by atoms with van der Waals surface area (Å²) in [5.74, 6) is 0.416. The Morgan fingerprint density at radius 3 is 2.55 bits per heavy atom. The lowest BCUT2D eigenvalue weighted by Gasteiger charge is -2.34. The number of likely N-dealkylation sites (tertiary alicyclic amines) is 1. The van der Waals surface area contributed by atoms with E-state index in [1.54, 1.807) is 23.1 Å². The van der Waals surface area contributed by atoms with Crippen molar-refractivity contribution in [2.24, 2.45) is 0 Å². The molecule has 5 rings (SSSR count). The van der Waals surface area contributed by atoms with E-state index in [2.05, 4.69) is 25.3 Å². The minimum Gasteiger partial charge on any atom is -0.494 e. The van der Waals surface area contributed by atoms with E-state index in [4.69, 9.17) is 14.2 Å². The molecule has 2 aliphatic rings. The van der Waals surface area contributed by atoms with Gasteiger partial charge >= 0.3 is 6.09 Å². The number of ether oxygens (including phenoxy) is 3. The number of rotatable bonds is 6. The number of methoxy groups -OCH3 is 1. The van der Waals surface area contributed by atoms with Crippen LogP contribution < -0.4 is 15.0 Å². The Balaban J connectivity index is 1.52. The third-order valence-electron chi connectivity index (χ3n) is 6.60. The van der Waals surface area contributed by atoms with Crippen molar-refractivity contribution in [3.63, 3.8) is 0 Å². The number of halogens is 2. The third kappa shape index (κ3) is 6.01. The number of nitrogens with zero attached hydrogens (tertiary/aromatic N) is 7. The molecule has 1 atom stereocenters. The highest BCUT2D eigenvalue weighted by Gasteiger charge is 2.30. The first-order valence-corrected chi connectivity index (χ1v) is 13.3. The van der Waals surface area contributed by atoms with Gasteiger partial charge in [-0.15, -0.1) is 0 Å². The summed E-state index contributed by atoms with van der Waals surface area (Å²) < 4.78 is 46.2. The highest BCUT2D eigenvalue weighted by molar-refractivity contribution is 5.84. The molecule has 2 saturated heterocycles. The number of anilines is 2. The average Bonchev–Trinajstić information content (AvgIpc) is 3.33. The number of carbonyl (C=O) groups is 1. The van der Waals surface area contributed by atoms with Gasteiger partial charge in [0.25, 0.3) is 6.43 Å². The second kappa shape index (κ2) is 11.4. The summed E-state index contributed by atoms with van der Waals surface area (Å²) in [4.78, 5) is 34.2. The van der Waals surface area contributed by atoms with Crippen LogP contribution >= 0.6 is 0 Å². The van der Waals surface area contributed by atoms with Crippen molar-refractivity contribution in [1.82, 2.24) is 29.4 Å². The van der Waals surface area contributed by atoms with Crippen LogP contribution in [0.5, 0.6) is 5.75 Å². The van der Waals surface area contributed by atoms with Crippen LogP contribution in [0.1, 0.15) is 45.9 Å². The Hall–Kier alpha value is -3.81. The summed E-state index contributed by atoms with van der Waals surface area (Å²) in [6.07, 6.45) is -1.75.